The summed E-state index contributed by atoms with van der Waals surface area (Å²) in [6, 6.07) is 18.1. The minimum atomic E-state index is 0.667. The normalized spacial score (nSPS) is 11.0. The van der Waals surface area contributed by atoms with E-state index in [9.17, 15) is 0 Å². The third-order valence-electron chi connectivity index (χ3n) is 3.52. The van der Waals surface area contributed by atoms with Gasteiger partial charge in [0.2, 0.25) is 5.89 Å². The molecule has 0 radical (unpaired) electrons. The summed E-state index contributed by atoms with van der Waals surface area (Å²) in [7, 11) is 0. The van der Waals surface area contributed by atoms with E-state index in [1.807, 2.05) is 48.5 Å². The number of nitrogens with zero attached hydrogens (tertiary/aromatic N) is 2. The first-order valence-corrected chi connectivity index (χ1v) is 8.29. The molecule has 0 spiro atoms. The van der Waals surface area contributed by atoms with Gasteiger partial charge in [0.25, 0.3) is 0 Å². The van der Waals surface area contributed by atoms with Crippen molar-refractivity contribution in [2.75, 3.05) is 11.9 Å². The molecule has 0 atom stereocenters. The molecule has 23 heavy (non-hydrogen) atoms. The standard InChI is InChI=1S/C18H15N3OS/c1-2-6-13(7-3-1)17-20-14(12-22-17)10-11-19-18-21-15-8-4-5-9-16(15)23-18/h1-9,12H,10-11H2,(H,19,21). The molecule has 4 nitrogen and oxygen atoms in total. The second-order valence-electron chi connectivity index (χ2n) is 5.17. The molecule has 0 bridgehead atoms. The molecule has 114 valence electrons. The second-order valence-corrected chi connectivity index (χ2v) is 6.20. The Bertz CT molecular complexity index is 881. The molecule has 2 aromatic carbocycles. The van der Waals surface area contributed by atoms with E-state index in [0.29, 0.717) is 5.89 Å². The largest absolute Gasteiger partial charge is 0.444 e. The van der Waals surface area contributed by atoms with Crippen molar-refractivity contribution in [2.45, 2.75) is 6.42 Å². The minimum absolute atomic E-state index is 0.667. The Hall–Kier alpha value is -2.66. The summed E-state index contributed by atoms with van der Waals surface area (Å²) in [5.41, 5.74) is 2.98. The number of oxazole rings is 1. The predicted molar refractivity (Wildman–Crippen MR) is 93.8 cm³/mol. The molecule has 0 unspecified atom stereocenters. The lowest BCUT2D eigenvalue weighted by atomic mass is 10.2. The molecule has 0 aliphatic rings. The summed E-state index contributed by atoms with van der Waals surface area (Å²) < 4.78 is 6.75. The van der Waals surface area contributed by atoms with E-state index in [1.54, 1.807) is 17.6 Å². The monoisotopic (exact) mass is 321 g/mol. The lowest BCUT2D eigenvalue weighted by Gasteiger charge is -1.99. The Balaban J connectivity index is 1.39. The van der Waals surface area contributed by atoms with E-state index in [4.69, 9.17) is 4.42 Å². The zero-order valence-electron chi connectivity index (χ0n) is 12.4. The van der Waals surface area contributed by atoms with Gasteiger partial charge in [-0.3, -0.25) is 0 Å². The van der Waals surface area contributed by atoms with Gasteiger partial charge in [0.15, 0.2) is 5.13 Å². The Morgan fingerprint density at radius 3 is 2.65 bits per heavy atom. The highest BCUT2D eigenvalue weighted by Gasteiger charge is 2.07. The quantitative estimate of drug-likeness (QED) is 0.583. The summed E-state index contributed by atoms with van der Waals surface area (Å²) in [6.07, 6.45) is 2.52. The molecule has 2 aromatic heterocycles. The van der Waals surface area contributed by atoms with Crippen LogP contribution >= 0.6 is 11.3 Å². The number of anilines is 1. The Kier molecular flexibility index (Phi) is 3.78. The van der Waals surface area contributed by atoms with Crippen LogP contribution in [0.15, 0.2) is 65.3 Å². The number of para-hydroxylation sites is 1. The summed E-state index contributed by atoms with van der Waals surface area (Å²) in [6.45, 7) is 0.778. The number of aromatic nitrogens is 2. The molecule has 0 saturated carbocycles. The molecule has 4 rings (SSSR count). The van der Waals surface area contributed by atoms with Crippen LogP contribution in [0.3, 0.4) is 0 Å². The molecule has 1 N–H and O–H groups in total. The van der Waals surface area contributed by atoms with Crippen LogP contribution in [0.5, 0.6) is 0 Å². The highest BCUT2D eigenvalue weighted by atomic mass is 32.1. The predicted octanol–water partition coefficient (Wildman–Crippen LogP) is 4.61. The van der Waals surface area contributed by atoms with Crippen molar-refractivity contribution < 1.29 is 4.42 Å². The second kappa shape index (κ2) is 6.22. The first-order chi connectivity index (χ1) is 11.4. The summed E-state index contributed by atoms with van der Waals surface area (Å²) in [5, 5.41) is 4.30. The van der Waals surface area contributed by atoms with Crippen molar-refractivity contribution >= 4 is 26.7 Å². The van der Waals surface area contributed by atoms with E-state index >= 15 is 0 Å². The number of hydrogen-bond acceptors (Lipinski definition) is 5. The smallest absolute Gasteiger partial charge is 0.226 e. The van der Waals surface area contributed by atoms with Crippen molar-refractivity contribution in [3.05, 3.63) is 66.6 Å². The van der Waals surface area contributed by atoms with Gasteiger partial charge in [0.05, 0.1) is 15.9 Å². The summed E-state index contributed by atoms with van der Waals surface area (Å²) in [5.74, 6) is 0.667. The number of thiazole rings is 1. The minimum Gasteiger partial charge on any atom is -0.444 e. The highest BCUT2D eigenvalue weighted by molar-refractivity contribution is 7.22. The van der Waals surface area contributed by atoms with Crippen LogP contribution in [0.25, 0.3) is 21.7 Å². The van der Waals surface area contributed by atoms with E-state index in [0.717, 1.165) is 34.9 Å². The topological polar surface area (TPSA) is 51.0 Å². The summed E-state index contributed by atoms with van der Waals surface area (Å²) in [4.78, 5) is 9.09. The maximum Gasteiger partial charge on any atom is 0.226 e. The third kappa shape index (κ3) is 3.10. The Morgan fingerprint density at radius 2 is 1.78 bits per heavy atom. The Morgan fingerprint density at radius 1 is 0.957 bits per heavy atom. The zero-order valence-corrected chi connectivity index (χ0v) is 13.2. The van der Waals surface area contributed by atoms with Gasteiger partial charge in [-0.15, -0.1) is 0 Å². The van der Waals surface area contributed by atoms with Crippen LogP contribution in [0, 0.1) is 0 Å². The van der Waals surface area contributed by atoms with E-state index in [2.05, 4.69) is 21.4 Å². The van der Waals surface area contributed by atoms with Gasteiger partial charge in [0.1, 0.15) is 6.26 Å². The molecular formula is C18H15N3OS. The number of hydrogen-bond donors (Lipinski definition) is 1. The van der Waals surface area contributed by atoms with Crippen LogP contribution in [-0.4, -0.2) is 16.5 Å². The van der Waals surface area contributed by atoms with Gasteiger partial charge in [-0.2, -0.15) is 0 Å². The van der Waals surface area contributed by atoms with Crippen molar-refractivity contribution in [1.82, 2.24) is 9.97 Å². The van der Waals surface area contributed by atoms with Crippen molar-refractivity contribution in [3.8, 4) is 11.5 Å². The van der Waals surface area contributed by atoms with Gasteiger partial charge in [0, 0.05) is 18.5 Å². The molecule has 0 aliphatic heterocycles. The van der Waals surface area contributed by atoms with Crippen LogP contribution in [0.1, 0.15) is 5.69 Å². The fourth-order valence-corrected chi connectivity index (χ4v) is 3.27. The molecule has 0 amide bonds. The van der Waals surface area contributed by atoms with E-state index in [-0.39, 0.29) is 0 Å². The first kappa shape index (κ1) is 14.0. The van der Waals surface area contributed by atoms with Gasteiger partial charge in [-0.1, -0.05) is 41.7 Å². The molecule has 0 aliphatic carbocycles. The number of fused-ring (bicyclic) bond motifs is 1. The van der Waals surface area contributed by atoms with Crippen molar-refractivity contribution in [1.29, 1.82) is 0 Å². The van der Waals surface area contributed by atoms with E-state index < -0.39 is 0 Å². The van der Waals surface area contributed by atoms with Crippen LogP contribution in [0.4, 0.5) is 5.13 Å². The lowest BCUT2D eigenvalue weighted by Crippen LogP contribution is -2.04. The number of benzene rings is 2. The molecule has 0 saturated heterocycles. The van der Waals surface area contributed by atoms with Crippen molar-refractivity contribution in [2.24, 2.45) is 0 Å². The fourth-order valence-electron chi connectivity index (χ4n) is 2.38. The maximum atomic E-state index is 5.55. The Labute approximate surface area is 137 Å². The SMILES string of the molecule is c1ccc(-c2nc(CCNc3nc4ccccc4s3)co2)cc1. The van der Waals surface area contributed by atoms with Crippen LogP contribution in [0.2, 0.25) is 0 Å². The van der Waals surface area contributed by atoms with Gasteiger partial charge in [-0.25, -0.2) is 9.97 Å². The van der Waals surface area contributed by atoms with Gasteiger partial charge < -0.3 is 9.73 Å². The van der Waals surface area contributed by atoms with E-state index in [1.165, 1.54) is 4.70 Å². The molecule has 0 fully saturated rings. The number of nitrogens with one attached hydrogen (secondary N) is 1. The maximum absolute atomic E-state index is 5.55. The average molecular weight is 321 g/mol. The molecular weight excluding hydrogens is 306 g/mol. The van der Waals surface area contributed by atoms with Gasteiger partial charge in [-0.05, 0) is 24.3 Å². The molecule has 2 heterocycles. The zero-order chi connectivity index (χ0) is 15.5. The third-order valence-corrected chi connectivity index (χ3v) is 4.52. The number of rotatable bonds is 5. The fraction of sp³-hybridized carbons (Fsp3) is 0.111. The molecule has 5 heteroatoms. The highest BCUT2D eigenvalue weighted by Crippen LogP contribution is 2.25. The average Bonchev–Trinajstić information content (AvgIpc) is 3.22. The summed E-state index contributed by atoms with van der Waals surface area (Å²) >= 11 is 1.67. The first-order valence-electron chi connectivity index (χ1n) is 7.48. The lowest BCUT2D eigenvalue weighted by molar-refractivity contribution is 0.572. The van der Waals surface area contributed by atoms with Crippen molar-refractivity contribution in [3.63, 3.8) is 0 Å². The van der Waals surface area contributed by atoms with Gasteiger partial charge >= 0.3 is 0 Å². The van der Waals surface area contributed by atoms with Crippen LogP contribution in [-0.2, 0) is 6.42 Å². The van der Waals surface area contributed by atoms with Crippen LogP contribution < -0.4 is 5.32 Å². The molecule has 4 aromatic rings.